The quantitative estimate of drug-likeness (QED) is 0.794. The molecule has 0 spiro atoms. The third-order valence-electron chi connectivity index (χ3n) is 2.96. The van der Waals surface area contributed by atoms with Crippen LogP contribution in [0.1, 0.15) is 10.4 Å². The Morgan fingerprint density at radius 1 is 1.19 bits per heavy atom. The molecule has 0 saturated carbocycles. The van der Waals surface area contributed by atoms with Crippen LogP contribution >= 0.6 is 11.5 Å². The van der Waals surface area contributed by atoms with E-state index >= 15 is 0 Å². The molecule has 0 amide bonds. The lowest BCUT2D eigenvalue weighted by Crippen LogP contribution is -1.98. The molecule has 1 N–H and O–H groups in total. The van der Waals surface area contributed by atoms with E-state index in [1.807, 2.05) is 24.3 Å². The lowest BCUT2D eigenvalue weighted by Gasteiger charge is -2.09. The Hall–Kier alpha value is -2.60. The number of carboxylic acid groups (broad SMARTS) is 1. The largest absolute Gasteiger partial charge is 0.493 e. The lowest BCUT2D eigenvalue weighted by molar-refractivity contribution is 0.0696. The number of hydrogen-bond donors (Lipinski definition) is 1. The number of nitrogens with zero attached hydrogens (tertiary/aromatic N) is 1. The van der Waals surface area contributed by atoms with Crippen molar-refractivity contribution >= 4 is 28.4 Å². The molecule has 3 rings (SSSR count). The van der Waals surface area contributed by atoms with Gasteiger partial charge in [0.15, 0.2) is 11.5 Å². The fourth-order valence-electron chi connectivity index (χ4n) is 1.93. The van der Waals surface area contributed by atoms with Crippen molar-refractivity contribution in [3.8, 4) is 16.6 Å². The second-order valence-electron chi connectivity index (χ2n) is 4.26. The number of ether oxygens (including phenoxy) is 2. The average molecular weight is 301 g/mol. The first-order chi connectivity index (χ1) is 10.2. The third kappa shape index (κ3) is 2.53. The zero-order valence-electron chi connectivity index (χ0n) is 11.1. The predicted molar refractivity (Wildman–Crippen MR) is 79.6 cm³/mol. The van der Waals surface area contributed by atoms with Crippen molar-refractivity contribution in [2.75, 3.05) is 7.11 Å². The molecule has 0 aliphatic heterocycles. The Balaban J connectivity index is 2.04. The number of carboxylic acids is 1. The SMILES string of the molecule is COc1ccc(C(=O)O)cc1Oc1snc2ccccc12. The van der Waals surface area contributed by atoms with Crippen molar-refractivity contribution in [1.82, 2.24) is 4.37 Å². The number of rotatable bonds is 4. The van der Waals surface area contributed by atoms with E-state index < -0.39 is 5.97 Å². The number of methoxy groups -OCH3 is 1. The van der Waals surface area contributed by atoms with Gasteiger partial charge < -0.3 is 14.6 Å². The van der Waals surface area contributed by atoms with Crippen LogP contribution in [0, 0.1) is 0 Å². The Morgan fingerprint density at radius 2 is 2.00 bits per heavy atom. The number of benzene rings is 2. The standard InChI is InChI=1S/C15H11NO4S/c1-19-12-7-6-9(14(17)18)8-13(12)20-15-10-4-2-3-5-11(10)16-21-15/h2-8H,1H3,(H,17,18). The number of carbonyl (C=O) groups is 1. The van der Waals surface area contributed by atoms with E-state index in [4.69, 9.17) is 14.6 Å². The highest BCUT2D eigenvalue weighted by Gasteiger charge is 2.14. The third-order valence-corrected chi connectivity index (χ3v) is 3.72. The van der Waals surface area contributed by atoms with Crippen LogP contribution in [0.3, 0.4) is 0 Å². The molecule has 6 heteroatoms. The maximum atomic E-state index is 11.1. The number of hydrogen-bond acceptors (Lipinski definition) is 5. The number of fused-ring (bicyclic) bond motifs is 1. The van der Waals surface area contributed by atoms with Crippen molar-refractivity contribution in [2.45, 2.75) is 0 Å². The van der Waals surface area contributed by atoms with Crippen LogP contribution in [0.15, 0.2) is 42.5 Å². The fraction of sp³-hybridized carbons (Fsp3) is 0.0667. The van der Waals surface area contributed by atoms with E-state index in [0.29, 0.717) is 16.6 Å². The molecule has 0 aliphatic rings. The van der Waals surface area contributed by atoms with Gasteiger partial charge in [0.25, 0.3) is 0 Å². The zero-order valence-corrected chi connectivity index (χ0v) is 11.9. The number of aromatic carboxylic acids is 1. The molecule has 0 fully saturated rings. The molecular weight excluding hydrogens is 290 g/mol. The minimum atomic E-state index is -1.02. The van der Waals surface area contributed by atoms with Crippen molar-refractivity contribution in [3.05, 3.63) is 48.0 Å². The summed E-state index contributed by atoms with van der Waals surface area (Å²) in [6.07, 6.45) is 0. The smallest absolute Gasteiger partial charge is 0.335 e. The highest BCUT2D eigenvalue weighted by atomic mass is 32.1. The molecule has 0 atom stereocenters. The van der Waals surface area contributed by atoms with E-state index in [1.165, 1.54) is 30.8 Å². The van der Waals surface area contributed by atoms with E-state index in [0.717, 1.165) is 10.9 Å². The molecule has 106 valence electrons. The second kappa shape index (κ2) is 5.41. The molecule has 0 saturated heterocycles. The molecule has 1 aromatic heterocycles. The average Bonchev–Trinajstić information content (AvgIpc) is 2.90. The molecule has 3 aromatic rings. The van der Waals surface area contributed by atoms with Gasteiger partial charge in [-0.05, 0) is 30.3 Å². The highest BCUT2D eigenvalue weighted by Crippen LogP contribution is 2.38. The minimum Gasteiger partial charge on any atom is -0.493 e. The molecule has 0 radical (unpaired) electrons. The van der Waals surface area contributed by atoms with E-state index in [1.54, 1.807) is 6.07 Å². The maximum Gasteiger partial charge on any atom is 0.335 e. The number of aromatic nitrogens is 1. The summed E-state index contributed by atoms with van der Waals surface area (Å²) in [5.74, 6) is -0.194. The van der Waals surface area contributed by atoms with Gasteiger partial charge >= 0.3 is 5.97 Å². The van der Waals surface area contributed by atoms with Gasteiger partial charge in [-0.15, -0.1) is 0 Å². The van der Waals surface area contributed by atoms with Crippen molar-refractivity contribution in [3.63, 3.8) is 0 Å². The molecule has 2 aromatic carbocycles. The van der Waals surface area contributed by atoms with Gasteiger partial charge in [0.2, 0.25) is 5.06 Å². The van der Waals surface area contributed by atoms with Gasteiger partial charge in [-0.1, -0.05) is 12.1 Å². The van der Waals surface area contributed by atoms with E-state index in [2.05, 4.69) is 4.37 Å². The molecule has 21 heavy (non-hydrogen) atoms. The topological polar surface area (TPSA) is 68.7 Å². The van der Waals surface area contributed by atoms with Gasteiger partial charge in [0, 0.05) is 11.5 Å². The summed E-state index contributed by atoms with van der Waals surface area (Å²) in [5, 5.41) is 10.5. The summed E-state index contributed by atoms with van der Waals surface area (Å²) >= 11 is 1.22. The molecule has 0 aliphatic carbocycles. The molecule has 0 unspecified atom stereocenters. The first kappa shape index (κ1) is 13.4. The van der Waals surface area contributed by atoms with Gasteiger partial charge in [0.05, 0.1) is 23.6 Å². The fourth-order valence-corrected chi connectivity index (χ4v) is 2.67. The zero-order chi connectivity index (χ0) is 14.8. The monoisotopic (exact) mass is 301 g/mol. The lowest BCUT2D eigenvalue weighted by atomic mass is 10.2. The Bertz CT molecular complexity index is 812. The van der Waals surface area contributed by atoms with Gasteiger partial charge in [-0.2, -0.15) is 4.37 Å². The van der Waals surface area contributed by atoms with Crippen molar-refractivity contribution in [1.29, 1.82) is 0 Å². The van der Waals surface area contributed by atoms with Crippen LogP contribution in [0.25, 0.3) is 10.9 Å². The maximum absolute atomic E-state index is 11.1. The van der Waals surface area contributed by atoms with E-state index in [-0.39, 0.29) is 5.56 Å². The Morgan fingerprint density at radius 3 is 2.76 bits per heavy atom. The first-order valence-electron chi connectivity index (χ1n) is 6.12. The van der Waals surface area contributed by atoms with Crippen molar-refractivity contribution in [2.24, 2.45) is 0 Å². The van der Waals surface area contributed by atoms with Gasteiger partial charge in [0.1, 0.15) is 0 Å². The summed E-state index contributed by atoms with van der Waals surface area (Å²) in [7, 11) is 1.51. The molecule has 5 nitrogen and oxygen atoms in total. The van der Waals surface area contributed by atoms with Crippen LogP contribution in [0.5, 0.6) is 16.6 Å². The second-order valence-corrected chi connectivity index (χ2v) is 5.00. The van der Waals surface area contributed by atoms with Crippen LogP contribution in [0.4, 0.5) is 0 Å². The highest BCUT2D eigenvalue weighted by molar-refractivity contribution is 7.09. The summed E-state index contributed by atoms with van der Waals surface area (Å²) in [6, 6.07) is 12.1. The van der Waals surface area contributed by atoms with Crippen LogP contribution < -0.4 is 9.47 Å². The van der Waals surface area contributed by atoms with Gasteiger partial charge in [-0.3, -0.25) is 0 Å². The normalized spacial score (nSPS) is 10.5. The first-order valence-corrected chi connectivity index (χ1v) is 6.90. The summed E-state index contributed by atoms with van der Waals surface area (Å²) in [5.41, 5.74) is 0.977. The van der Waals surface area contributed by atoms with Crippen molar-refractivity contribution < 1.29 is 19.4 Å². The van der Waals surface area contributed by atoms with Crippen LogP contribution in [0.2, 0.25) is 0 Å². The Labute approximate surface area is 124 Å². The van der Waals surface area contributed by atoms with Crippen LogP contribution in [-0.4, -0.2) is 22.6 Å². The summed E-state index contributed by atoms with van der Waals surface area (Å²) in [6.45, 7) is 0. The predicted octanol–water partition coefficient (Wildman–Crippen LogP) is 3.80. The van der Waals surface area contributed by atoms with Crippen LogP contribution in [-0.2, 0) is 0 Å². The molecule has 0 bridgehead atoms. The molecular formula is C15H11NO4S. The van der Waals surface area contributed by atoms with E-state index in [9.17, 15) is 4.79 Å². The molecule has 1 heterocycles. The minimum absolute atomic E-state index is 0.139. The summed E-state index contributed by atoms with van der Waals surface area (Å²) in [4.78, 5) is 11.1. The van der Waals surface area contributed by atoms with Gasteiger partial charge in [-0.25, -0.2) is 4.79 Å². The Kier molecular flexibility index (Phi) is 3.45. The summed E-state index contributed by atoms with van der Waals surface area (Å²) < 4.78 is 15.3.